The van der Waals surface area contributed by atoms with Gasteiger partial charge in [-0.05, 0) is 36.8 Å². The maximum atomic E-state index is 13.0. The van der Waals surface area contributed by atoms with Crippen molar-refractivity contribution in [2.45, 2.75) is 19.1 Å². The van der Waals surface area contributed by atoms with Crippen molar-refractivity contribution in [1.29, 1.82) is 0 Å². The topological polar surface area (TPSA) is 53.1 Å². The molecular weight excluding hydrogens is 342 g/mol. The highest BCUT2D eigenvalue weighted by Crippen LogP contribution is 2.46. The van der Waals surface area contributed by atoms with Crippen LogP contribution in [0.3, 0.4) is 0 Å². The van der Waals surface area contributed by atoms with E-state index in [0.717, 1.165) is 16.9 Å². The molecule has 0 saturated carbocycles. The Kier molecular flexibility index (Phi) is 4.36. The summed E-state index contributed by atoms with van der Waals surface area (Å²) < 4.78 is 0. The van der Waals surface area contributed by atoms with Crippen LogP contribution >= 0.6 is 0 Å². The molecule has 2 aliphatic heterocycles. The number of hydroxylamine groups is 1. The number of likely N-dealkylation sites (N-methyl/N-ethyl adjacent to an activating group) is 1. The van der Waals surface area contributed by atoms with Gasteiger partial charge in [0.15, 0.2) is 6.10 Å². The number of imide groups is 1. The van der Waals surface area contributed by atoms with Gasteiger partial charge in [0.25, 0.3) is 5.91 Å². The van der Waals surface area contributed by atoms with Crippen molar-refractivity contribution in [3.05, 3.63) is 60.2 Å². The van der Waals surface area contributed by atoms with Crippen molar-refractivity contribution in [3.63, 3.8) is 0 Å². The summed E-state index contributed by atoms with van der Waals surface area (Å²) in [6.45, 7) is 2.18. The Labute approximate surface area is 158 Å². The van der Waals surface area contributed by atoms with E-state index in [-0.39, 0.29) is 17.9 Å². The summed E-state index contributed by atoms with van der Waals surface area (Å²) in [6.07, 6.45) is -0.767. The quantitative estimate of drug-likeness (QED) is 0.780. The predicted octanol–water partition coefficient (Wildman–Crippen LogP) is 2.62. The van der Waals surface area contributed by atoms with Gasteiger partial charge < -0.3 is 4.90 Å². The Morgan fingerprint density at radius 1 is 0.963 bits per heavy atom. The second kappa shape index (κ2) is 6.70. The van der Waals surface area contributed by atoms with Gasteiger partial charge in [-0.15, -0.1) is 0 Å². The average Bonchev–Trinajstić information content (AvgIpc) is 3.19. The van der Waals surface area contributed by atoms with Gasteiger partial charge in [0.2, 0.25) is 5.91 Å². The van der Waals surface area contributed by atoms with Gasteiger partial charge in [0, 0.05) is 26.3 Å². The van der Waals surface area contributed by atoms with Gasteiger partial charge in [0.05, 0.1) is 11.7 Å². The Morgan fingerprint density at radius 2 is 1.63 bits per heavy atom. The lowest BCUT2D eigenvalue weighted by Crippen LogP contribution is -2.37. The first-order valence-electron chi connectivity index (χ1n) is 9.16. The smallest absolute Gasteiger partial charge is 0.261 e. The predicted molar refractivity (Wildman–Crippen MR) is 103 cm³/mol. The highest BCUT2D eigenvalue weighted by molar-refractivity contribution is 6.07. The van der Waals surface area contributed by atoms with E-state index in [9.17, 15) is 9.59 Å². The van der Waals surface area contributed by atoms with Crippen molar-refractivity contribution >= 4 is 23.2 Å². The van der Waals surface area contributed by atoms with Crippen LogP contribution in [0.1, 0.15) is 18.5 Å². The van der Waals surface area contributed by atoms with Crippen molar-refractivity contribution in [3.8, 4) is 0 Å². The van der Waals surface area contributed by atoms with E-state index in [1.807, 2.05) is 80.5 Å². The van der Waals surface area contributed by atoms with E-state index in [2.05, 4.69) is 0 Å². The van der Waals surface area contributed by atoms with Crippen molar-refractivity contribution < 1.29 is 14.4 Å². The summed E-state index contributed by atoms with van der Waals surface area (Å²) in [6, 6.07) is 17.3. The highest BCUT2D eigenvalue weighted by Gasteiger charge is 2.59. The van der Waals surface area contributed by atoms with Crippen LogP contribution in [0.25, 0.3) is 0 Å². The standard InChI is InChI=1S/C21H23N3O3/c1-4-23-20(25)17-18(14-10-12-15(13-11-14)22(2)3)24(27-19(17)21(23)26)16-8-6-5-7-9-16/h5-13,17-19H,4H2,1-3H3. The van der Waals surface area contributed by atoms with Crippen molar-refractivity contribution in [2.75, 3.05) is 30.6 Å². The normalized spacial score (nSPS) is 24.5. The molecule has 2 aromatic rings. The molecule has 0 bridgehead atoms. The molecule has 0 N–H and O–H groups in total. The van der Waals surface area contributed by atoms with Gasteiger partial charge >= 0.3 is 0 Å². The molecule has 0 radical (unpaired) electrons. The van der Waals surface area contributed by atoms with Crippen molar-refractivity contribution in [2.24, 2.45) is 5.92 Å². The zero-order chi connectivity index (χ0) is 19.1. The summed E-state index contributed by atoms with van der Waals surface area (Å²) >= 11 is 0. The Hall–Kier alpha value is -2.86. The van der Waals surface area contributed by atoms with Gasteiger partial charge in [-0.1, -0.05) is 30.3 Å². The Bertz CT molecular complexity index is 851. The van der Waals surface area contributed by atoms with Crippen LogP contribution < -0.4 is 9.96 Å². The van der Waals surface area contributed by atoms with E-state index >= 15 is 0 Å². The first-order chi connectivity index (χ1) is 13.0. The molecule has 0 aromatic heterocycles. The maximum Gasteiger partial charge on any atom is 0.261 e. The van der Waals surface area contributed by atoms with Crippen LogP contribution in [0.2, 0.25) is 0 Å². The number of benzene rings is 2. The highest BCUT2D eigenvalue weighted by atomic mass is 16.7. The lowest BCUT2D eigenvalue weighted by atomic mass is 9.90. The zero-order valence-electron chi connectivity index (χ0n) is 15.7. The number of rotatable bonds is 4. The third-order valence-corrected chi connectivity index (χ3v) is 5.28. The SMILES string of the molecule is CCN1C(=O)C2ON(c3ccccc3)C(c3ccc(N(C)C)cc3)C2C1=O. The number of carbonyl (C=O) groups is 2. The van der Waals surface area contributed by atoms with Crippen LogP contribution in [0.4, 0.5) is 11.4 Å². The van der Waals surface area contributed by atoms with E-state index in [1.165, 1.54) is 4.90 Å². The fourth-order valence-electron chi connectivity index (χ4n) is 3.89. The molecule has 27 heavy (non-hydrogen) atoms. The van der Waals surface area contributed by atoms with Gasteiger partial charge in [-0.25, -0.2) is 5.06 Å². The summed E-state index contributed by atoms with van der Waals surface area (Å²) in [5, 5.41) is 1.72. The van der Waals surface area contributed by atoms with E-state index in [0.29, 0.717) is 6.54 Å². The number of amides is 2. The van der Waals surface area contributed by atoms with Crippen molar-refractivity contribution in [1.82, 2.24) is 4.90 Å². The second-order valence-electron chi connectivity index (χ2n) is 7.06. The first kappa shape index (κ1) is 17.5. The number of anilines is 2. The van der Waals surface area contributed by atoms with E-state index < -0.39 is 12.0 Å². The molecule has 4 rings (SSSR count). The molecule has 2 saturated heterocycles. The molecule has 2 aliphatic rings. The molecule has 2 heterocycles. The van der Waals surface area contributed by atoms with E-state index in [1.54, 1.807) is 5.06 Å². The largest absolute Gasteiger partial charge is 0.378 e. The minimum absolute atomic E-state index is 0.160. The van der Waals surface area contributed by atoms with E-state index in [4.69, 9.17) is 4.84 Å². The number of para-hydroxylation sites is 1. The number of hydrogen-bond donors (Lipinski definition) is 0. The minimum atomic E-state index is -0.767. The minimum Gasteiger partial charge on any atom is -0.378 e. The molecular formula is C21H23N3O3. The van der Waals surface area contributed by atoms with Crippen LogP contribution in [0.5, 0.6) is 0 Å². The molecule has 6 nitrogen and oxygen atoms in total. The fourth-order valence-corrected chi connectivity index (χ4v) is 3.89. The molecule has 140 valence electrons. The number of hydrogen-bond acceptors (Lipinski definition) is 5. The molecule has 3 atom stereocenters. The lowest BCUT2D eigenvalue weighted by Gasteiger charge is -2.28. The number of nitrogens with zero attached hydrogens (tertiary/aromatic N) is 3. The third kappa shape index (κ3) is 2.77. The number of likely N-dealkylation sites (tertiary alicyclic amines) is 1. The van der Waals surface area contributed by atoms with Gasteiger partial charge in [0.1, 0.15) is 5.92 Å². The molecule has 3 unspecified atom stereocenters. The summed E-state index contributed by atoms with van der Waals surface area (Å²) in [7, 11) is 3.97. The summed E-state index contributed by atoms with van der Waals surface area (Å²) in [5.41, 5.74) is 2.86. The number of carbonyl (C=O) groups excluding carboxylic acids is 2. The van der Waals surface area contributed by atoms with Gasteiger partial charge in [-0.2, -0.15) is 0 Å². The average molecular weight is 365 g/mol. The molecule has 0 aliphatic carbocycles. The first-order valence-corrected chi connectivity index (χ1v) is 9.16. The third-order valence-electron chi connectivity index (χ3n) is 5.28. The Morgan fingerprint density at radius 3 is 2.22 bits per heavy atom. The van der Waals surface area contributed by atoms with Gasteiger partial charge in [-0.3, -0.25) is 19.3 Å². The zero-order valence-corrected chi connectivity index (χ0v) is 15.7. The monoisotopic (exact) mass is 365 g/mol. The van der Waals surface area contributed by atoms with Crippen LogP contribution in [0.15, 0.2) is 54.6 Å². The molecule has 0 spiro atoms. The Balaban J connectivity index is 1.77. The van der Waals surface area contributed by atoms with Crippen LogP contribution in [-0.4, -0.2) is 43.5 Å². The maximum absolute atomic E-state index is 13.0. The summed E-state index contributed by atoms with van der Waals surface area (Å²) in [5.74, 6) is -0.948. The fraction of sp³-hybridized carbons (Fsp3) is 0.333. The summed E-state index contributed by atoms with van der Waals surface area (Å²) in [4.78, 5) is 35.0. The second-order valence-corrected chi connectivity index (χ2v) is 7.06. The van der Waals surface area contributed by atoms with Crippen LogP contribution in [0, 0.1) is 5.92 Å². The molecule has 6 heteroatoms. The molecule has 2 amide bonds. The van der Waals surface area contributed by atoms with Crippen LogP contribution in [-0.2, 0) is 14.4 Å². The molecule has 2 aromatic carbocycles. The molecule has 2 fully saturated rings. The number of fused-ring (bicyclic) bond motifs is 1. The lowest BCUT2D eigenvalue weighted by molar-refractivity contribution is -0.142.